The van der Waals surface area contributed by atoms with E-state index in [-0.39, 0.29) is 12.5 Å². The maximum Gasteiger partial charge on any atom is 0.405 e. The molecule has 2 unspecified atom stereocenters. The monoisotopic (exact) mass is 250 g/mol. The van der Waals surface area contributed by atoms with Crippen molar-refractivity contribution in [1.82, 2.24) is 4.90 Å². The predicted molar refractivity (Wildman–Crippen MR) is 56.2 cm³/mol. The van der Waals surface area contributed by atoms with Crippen LogP contribution < -0.4 is 0 Å². The van der Waals surface area contributed by atoms with E-state index in [1.54, 1.807) is 11.9 Å². The van der Waals surface area contributed by atoms with Gasteiger partial charge >= 0.3 is 6.18 Å². The smallest absolute Gasteiger partial charge is 0.381 e. The summed E-state index contributed by atoms with van der Waals surface area (Å²) in [5.74, 6) is -1.63. The second kappa shape index (κ2) is 6.22. The van der Waals surface area contributed by atoms with Gasteiger partial charge in [-0.3, -0.25) is 0 Å². The first-order chi connectivity index (χ1) is 7.93. The molecule has 6 heteroatoms. The van der Waals surface area contributed by atoms with Gasteiger partial charge in [-0.05, 0) is 25.8 Å². The molecule has 0 N–H and O–H groups in total. The fraction of sp³-hybridized carbons (Fsp3) is 0.909. The summed E-state index contributed by atoms with van der Waals surface area (Å²) in [5, 5.41) is 8.50. The first-order valence-corrected chi connectivity index (χ1v) is 5.66. The van der Waals surface area contributed by atoms with Crippen molar-refractivity contribution in [3.63, 3.8) is 0 Å². The van der Waals surface area contributed by atoms with Gasteiger partial charge in [0.2, 0.25) is 0 Å². The summed E-state index contributed by atoms with van der Waals surface area (Å²) in [7, 11) is 1.62. The van der Waals surface area contributed by atoms with Gasteiger partial charge in [-0.1, -0.05) is 0 Å². The minimum Gasteiger partial charge on any atom is -0.381 e. The zero-order valence-electron chi connectivity index (χ0n) is 9.83. The van der Waals surface area contributed by atoms with E-state index in [1.807, 2.05) is 0 Å². The SMILES string of the molecule is CN(CC1CCCOC1)CC(C#N)C(F)(F)F. The zero-order chi connectivity index (χ0) is 12.9. The van der Waals surface area contributed by atoms with Crippen LogP contribution in [0, 0.1) is 23.2 Å². The molecule has 0 spiro atoms. The van der Waals surface area contributed by atoms with E-state index in [0.717, 1.165) is 19.4 Å². The Morgan fingerprint density at radius 3 is 2.71 bits per heavy atom. The molecular weight excluding hydrogens is 233 g/mol. The first-order valence-electron chi connectivity index (χ1n) is 5.66. The largest absolute Gasteiger partial charge is 0.405 e. The van der Waals surface area contributed by atoms with Gasteiger partial charge in [0.05, 0.1) is 12.7 Å². The quantitative estimate of drug-likeness (QED) is 0.766. The lowest BCUT2D eigenvalue weighted by Gasteiger charge is -2.28. The fourth-order valence-corrected chi connectivity index (χ4v) is 2.00. The Morgan fingerprint density at radius 1 is 1.53 bits per heavy atom. The van der Waals surface area contributed by atoms with Gasteiger partial charge in [-0.15, -0.1) is 0 Å². The molecule has 0 aliphatic carbocycles. The number of hydrogen-bond acceptors (Lipinski definition) is 3. The average molecular weight is 250 g/mol. The molecule has 3 nitrogen and oxygen atoms in total. The Bertz CT molecular complexity index is 269. The molecule has 0 radical (unpaired) electrons. The van der Waals surface area contributed by atoms with Crippen molar-refractivity contribution in [2.45, 2.75) is 19.0 Å². The summed E-state index contributed by atoms with van der Waals surface area (Å²) in [6, 6.07) is 1.31. The second-order valence-electron chi connectivity index (χ2n) is 4.53. The Balaban J connectivity index is 2.37. The van der Waals surface area contributed by atoms with Crippen LogP contribution in [-0.4, -0.2) is 44.4 Å². The molecule has 17 heavy (non-hydrogen) atoms. The lowest BCUT2D eigenvalue weighted by atomic mass is 10.0. The van der Waals surface area contributed by atoms with Crippen LogP contribution >= 0.6 is 0 Å². The molecule has 98 valence electrons. The summed E-state index contributed by atoms with van der Waals surface area (Å²) in [5.41, 5.74) is 0. The molecule has 0 aromatic carbocycles. The fourth-order valence-electron chi connectivity index (χ4n) is 2.00. The van der Waals surface area contributed by atoms with Gasteiger partial charge in [0.15, 0.2) is 5.92 Å². The summed E-state index contributed by atoms with van der Waals surface area (Å²) in [6.07, 6.45) is -2.50. The number of rotatable bonds is 4. The summed E-state index contributed by atoms with van der Waals surface area (Å²) >= 11 is 0. The molecule has 0 aromatic rings. The van der Waals surface area contributed by atoms with Crippen molar-refractivity contribution in [2.75, 3.05) is 33.4 Å². The van der Waals surface area contributed by atoms with Crippen LogP contribution in [0.4, 0.5) is 13.2 Å². The first kappa shape index (κ1) is 14.3. The molecule has 1 heterocycles. The molecule has 1 rings (SSSR count). The summed E-state index contributed by atoms with van der Waals surface area (Å²) in [6.45, 7) is 1.63. The highest BCUT2D eigenvalue weighted by Crippen LogP contribution is 2.26. The third-order valence-corrected chi connectivity index (χ3v) is 2.87. The van der Waals surface area contributed by atoms with E-state index in [9.17, 15) is 13.2 Å². The van der Waals surface area contributed by atoms with Crippen LogP contribution in [0.3, 0.4) is 0 Å². The molecule has 1 aliphatic rings. The van der Waals surface area contributed by atoms with Gasteiger partial charge in [0.25, 0.3) is 0 Å². The number of ether oxygens (including phenoxy) is 1. The zero-order valence-corrected chi connectivity index (χ0v) is 9.83. The molecule has 0 aromatic heterocycles. The van der Waals surface area contributed by atoms with Crippen LogP contribution in [0.2, 0.25) is 0 Å². The Morgan fingerprint density at radius 2 is 2.24 bits per heavy atom. The highest BCUT2D eigenvalue weighted by molar-refractivity contribution is 4.90. The Labute approximate surface area is 99.1 Å². The van der Waals surface area contributed by atoms with Gasteiger partial charge in [0.1, 0.15) is 0 Å². The second-order valence-corrected chi connectivity index (χ2v) is 4.53. The molecule has 0 bridgehead atoms. The summed E-state index contributed by atoms with van der Waals surface area (Å²) in [4.78, 5) is 1.57. The van der Waals surface area contributed by atoms with Crippen LogP contribution in [-0.2, 0) is 4.74 Å². The third kappa shape index (κ3) is 4.92. The van der Waals surface area contributed by atoms with Crippen molar-refractivity contribution >= 4 is 0 Å². The summed E-state index contributed by atoms with van der Waals surface area (Å²) < 4.78 is 42.4. The Hall–Kier alpha value is -0.800. The van der Waals surface area contributed by atoms with Crippen molar-refractivity contribution in [1.29, 1.82) is 5.26 Å². The van der Waals surface area contributed by atoms with E-state index in [2.05, 4.69) is 0 Å². The van der Waals surface area contributed by atoms with E-state index >= 15 is 0 Å². The van der Waals surface area contributed by atoms with E-state index in [0.29, 0.717) is 13.2 Å². The third-order valence-electron chi connectivity index (χ3n) is 2.87. The van der Waals surface area contributed by atoms with E-state index in [4.69, 9.17) is 10.00 Å². The van der Waals surface area contributed by atoms with E-state index < -0.39 is 12.1 Å². The van der Waals surface area contributed by atoms with Gasteiger partial charge in [0, 0.05) is 19.7 Å². The minimum atomic E-state index is -4.44. The van der Waals surface area contributed by atoms with Crippen LogP contribution in [0.1, 0.15) is 12.8 Å². The molecule has 1 saturated heterocycles. The number of nitrogens with zero attached hydrogens (tertiary/aromatic N) is 2. The van der Waals surface area contributed by atoms with Crippen molar-refractivity contribution in [2.24, 2.45) is 11.8 Å². The maximum atomic E-state index is 12.4. The van der Waals surface area contributed by atoms with Gasteiger partial charge < -0.3 is 9.64 Å². The average Bonchev–Trinajstić information content (AvgIpc) is 2.25. The molecule has 0 saturated carbocycles. The van der Waals surface area contributed by atoms with Gasteiger partial charge in [-0.2, -0.15) is 18.4 Å². The van der Waals surface area contributed by atoms with Crippen LogP contribution in [0.15, 0.2) is 0 Å². The minimum absolute atomic E-state index is 0.267. The lowest BCUT2D eigenvalue weighted by Crippen LogP contribution is -2.38. The molecule has 2 atom stereocenters. The van der Waals surface area contributed by atoms with Crippen molar-refractivity contribution in [3.05, 3.63) is 0 Å². The van der Waals surface area contributed by atoms with Crippen LogP contribution in [0.25, 0.3) is 0 Å². The van der Waals surface area contributed by atoms with Gasteiger partial charge in [-0.25, -0.2) is 0 Å². The molecule has 1 aliphatic heterocycles. The highest BCUT2D eigenvalue weighted by Gasteiger charge is 2.40. The molecular formula is C11H17F3N2O. The molecule has 0 amide bonds. The standard InChI is InChI=1S/C11H17F3N2O/c1-16(6-9-3-2-4-17-8-9)7-10(5-15)11(12,13)14/h9-10H,2-4,6-8H2,1H3. The van der Waals surface area contributed by atoms with E-state index in [1.165, 1.54) is 6.07 Å². The van der Waals surface area contributed by atoms with Crippen molar-refractivity contribution < 1.29 is 17.9 Å². The number of halogens is 3. The predicted octanol–water partition coefficient (Wildman–Crippen LogP) is 2.05. The molecule has 1 fully saturated rings. The number of alkyl halides is 3. The number of nitriles is 1. The normalized spacial score (nSPS) is 23.4. The Kier molecular flexibility index (Phi) is 5.22. The topological polar surface area (TPSA) is 36.3 Å². The lowest BCUT2D eigenvalue weighted by molar-refractivity contribution is -0.162. The maximum absolute atomic E-state index is 12.4. The number of hydrogen-bond donors (Lipinski definition) is 0. The van der Waals surface area contributed by atoms with Crippen LogP contribution in [0.5, 0.6) is 0 Å². The van der Waals surface area contributed by atoms with Crippen molar-refractivity contribution in [3.8, 4) is 6.07 Å². The highest BCUT2D eigenvalue weighted by atomic mass is 19.4.